The van der Waals surface area contributed by atoms with Crippen molar-refractivity contribution in [2.75, 3.05) is 5.32 Å². The Morgan fingerprint density at radius 1 is 1.09 bits per heavy atom. The summed E-state index contributed by atoms with van der Waals surface area (Å²) < 4.78 is 15.4. The molecule has 0 unspecified atom stereocenters. The van der Waals surface area contributed by atoms with Crippen molar-refractivity contribution in [2.45, 2.75) is 32.7 Å². The van der Waals surface area contributed by atoms with Crippen LogP contribution in [0, 0.1) is 5.82 Å². The second kappa shape index (κ2) is 5.36. The van der Waals surface area contributed by atoms with Gasteiger partial charge in [-0.1, -0.05) is 39.0 Å². The smallest absolute Gasteiger partial charge is 0.178 e. The lowest BCUT2D eigenvalue weighted by molar-refractivity contribution is 0.527. The number of aromatic nitrogens is 4. The zero-order valence-electron chi connectivity index (χ0n) is 12.8. The Morgan fingerprint density at radius 2 is 1.86 bits per heavy atom. The van der Waals surface area contributed by atoms with Crippen LogP contribution in [-0.4, -0.2) is 19.8 Å². The standard InChI is InChI=1S/C16H18FN5/c1-16(2,3)15-20-19-14-9-8-13(21-22(14)15)18-10-11-6-4-5-7-12(11)17/h4-9H,10H2,1-3H3,(H,18,21). The quantitative estimate of drug-likeness (QED) is 0.807. The van der Waals surface area contributed by atoms with E-state index < -0.39 is 0 Å². The third-order valence-electron chi connectivity index (χ3n) is 3.35. The minimum atomic E-state index is -0.226. The van der Waals surface area contributed by atoms with Gasteiger partial charge in [-0.2, -0.15) is 4.52 Å². The lowest BCUT2D eigenvalue weighted by Crippen LogP contribution is -2.17. The van der Waals surface area contributed by atoms with Gasteiger partial charge in [0.25, 0.3) is 0 Å². The molecule has 2 aromatic heterocycles. The van der Waals surface area contributed by atoms with Crippen LogP contribution >= 0.6 is 0 Å². The average Bonchev–Trinajstić information content (AvgIpc) is 2.89. The normalized spacial score (nSPS) is 11.8. The highest BCUT2D eigenvalue weighted by Gasteiger charge is 2.21. The number of nitrogens with one attached hydrogen (secondary N) is 1. The van der Waals surface area contributed by atoms with Gasteiger partial charge in [0, 0.05) is 17.5 Å². The van der Waals surface area contributed by atoms with Crippen LogP contribution < -0.4 is 5.32 Å². The van der Waals surface area contributed by atoms with Gasteiger partial charge in [-0.25, -0.2) is 4.39 Å². The zero-order valence-corrected chi connectivity index (χ0v) is 12.8. The Balaban J connectivity index is 1.87. The van der Waals surface area contributed by atoms with Crippen LogP contribution in [0.4, 0.5) is 10.2 Å². The molecule has 2 heterocycles. The summed E-state index contributed by atoms with van der Waals surface area (Å²) in [5.74, 6) is 1.22. The molecule has 3 aromatic rings. The highest BCUT2D eigenvalue weighted by molar-refractivity contribution is 5.44. The van der Waals surface area contributed by atoms with E-state index in [2.05, 4.69) is 41.4 Å². The third-order valence-corrected chi connectivity index (χ3v) is 3.35. The van der Waals surface area contributed by atoms with Crippen molar-refractivity contribution >= 4 is 11.5 Å². The van der Waals surface area contributed by atoms with Crippen molar-refractivity contribution in [1.29, 1.82) is 0 Å². The molecule has 0 bridgehead atoms. The predicted molar refractivity (Wildman–Crippen MR) is 83.2 cm³/mol. The maximum absolute atomic E-state index is 13.6. The fraction of sp³-hybridized carbons (Fsp3) is 0.312. The van der Waals surface area contributed by atoms with Crippen molar-refractivity contribution in [1.82, 2.24) is 19.8 Å². The van der Waals surface area contributed by atoms with Crippen molar-refractivity contribution in [2.24, 2.45) is 0 Å². The van der Waals surface area contributed by atoms with Gasteiger partial charge in [0.05, 0.1) is 0 Å². The number of hydrogen-bond donors (Lipinski definition) is 1. The van der Waals surface area contributed by atoms with E-state index in [0.717, 1.165) is 5.82 Å². The van der Waals surface area contributed by atoms with E-state index in [1.54, 1.807) is 16.6 Å². The second-order valence-electron chi connectivity index (χ2n) is 6.21. The van der Waals surface area contributed by atoms with E-state index in [-0.39, 0.29) is 11.2 Å². The molecule has 0 aliphatic rings. The first-order chi connectivity index (χ1) is 10.4. The van der Waals surface area contributed by atoms with E-state index in [9.17, 15) is 4.39 Å². The number of rotatable bonds is 3. The summed E-state index contributed by atoms with van der Waals surface area (Å²) in [6, 6.07) is 10.4. The van der Waals surface area contributed by atoms with Gasteiger partial charge >= 0.3 is 0 Å². The van der Waals surface area contributed by atoms with Crippen LogP contribution in [0.5, 0.6) is 0 Å². The summed E-state index contributed by atoms with van der Waals surface area (Å²) in [5.41, 5.74) is 1.14. The van der Waals surface area contributed by atoms with Crippen LogP contribution in [0.1, 0.15) is 32.2 Å². The summed E-state index contributed by atoms with van der Waals surface area (Å²) in [6.45, 7) is 6.55. The summed E-state index contributed by atoms with van der Waals surface area (Å²) >= 11 is 0. The van der Waals surface area contributed by atoms with Gasteiger partial charge in [0.15, 0.2) is 11.5 Å². The van der Waals surface area contributed by atoms with Crippen LogP contribution in [-0.2, 0) is 12.0 Å². The van der Waals surface area contributed by atoms with E-state index in [4.69, 9.17) is 0 Å². The summed E-state index contributed by atoms with van der Waals surface area (Å²) in [7, 11) is 0. The SMILES string of the molecule is CC(C)(C)c1nnc2ccc(NCc3ccccc3F)nn12. The zero-order chi connectivity index (χ0) is 15.7. The molecule has 0 saturated heterocycles. The van der Waals surface area contributed by atoms with E-state index in [0.29, 0.717) is 23.6 Å². The monoisotopic (exact) mass is 299 g/mol. The fourth-order valence-electron chi connectivity index (χ4n) is 2.18. The molecule has 0 aliphatic heterocycles. The van der Waals surface area contributed by atoms with Gasteiger partial charge in [-0.15, -0.1) is 15.3 Å². The second-order valence-corrected chi connectivity index (χ2v) is 6.21. The molecule has 0 radical (unpaired) electrons. The van der Waals surface area contributed by atoms with Gasteiger partial charge < -0.3 is 5.32 Å². The van der Waals surface area contributed by atoms with E-state index in [1.807, 2.05) is 18.2 Å². The van der Waals surface area contributed by atoms with Gasteiger partial charge in [0.1, 0.15) is 11.6 Å². The first-order valence-electron chi connectivity index (χ1n) is 7.15. The highest BCUT2D eigenvalue weighted by atomic mass is 19.1. The van der Waals surface area contributed by atoms with Crippen molar-refractivity contribution < 1.29 is 4.39 Å². The minimum Gasteiger partial charge on any atom is -0.364 e. The molecule has 0 spiro atoms. The maximum atomic E-state index is 13.6. The molecular formula is C16H18FN5. The van der Waals surface area contributed by atoms with Crippen molar-refractivity contribution in [3.8, 4) is 0 Å². The van der Waals surface area contributed by atoms with Crippen LogP contribution in [0.15, 0.2) is 36.4 Å². The van der Waals surface area contributed by atoms with Gasteiger partial charge in [-0.05, 0) is 18.2 Å². The molecule has 6 heteroatoms. The van der Waals surface area contributed by atoms with Crippen LogP contribution in [0.25, 0.3) is 5.65 Å². The molecule has 114 valence electrons. The van der Waals surface area contributed by atoms with Gasteiger partial charge in [-0.3, -0.25) is 0 Å². The number of fused-ring (bicyclic) bond motifs is 1. The Bertz CT molecular complexity index is 804. The molecule has 5 nitrogen and oxygen atoms in total. The molecule has 0 saturated carbocycles. The summed E-state index contributed by atoms with van der Waals surface area (Å²) in [6.07, 6.45) is 0. The number of benzene rings is 1. The van der Waals surface area contributed by atoms with E-state index >= 15 is 0 Å². The van der Waals surface area contributed by atoms with Crippen LogP contribution in [0.2, 0.25) is 0 Å². The highest BCUT2D eigenvalue weighted by Crippen LogP contribution is 2.20. The molecular weight excluding hydrogens is 281 g/mol. The number of halogens is 1. The topological polar surface area (TPSA) is 55.1 Å². The molecule has 22 heavy (non-hydrogen) atoms. The largest absolute Gasteiger partial charge is 0.364 e. The van der Waals surface area contributed by atoms with E-state index in [1.165, 1.54) is 6.07 Å². The molecule has 0 amide bonds. The Morgan fingerprint density at radius 3 is 2.59 bits per heavy atom. The van der Waals surface area contributed by atoms with Crippen molar-refractivity contribution in [3.05, 3.63) is 53.6 Å². The number of hydrogen-bond acceptors (Lipinski definition) is 4. The third kappa shape index (κ3) is 2.77. The molecule has 3 rings (SSSR count). The Labute approximate surface area is 128 Å². The molecule has 1 N–H and O–H groups in total. The Hall–Kier alpha value is -2.50. The van der Waals surface area contributed by atoms with Gasteiger partial charge in [0.2, 0.25) is 0 Å². The average molecular weight is 299 g/mol. The minimum absolute atomic E-state index is 0.156. The summed E-state index contributed by atoms with van der Waals surface area (Å²) in [4.78, 5) is 0. The molecule has 0 atom stereocenters. The van der Waals surface area contributed by atoms with Crippen molar-refractivity contribution in [3.63, 3.8) is 0 Å². The van der Waals surface area contributed by atoms with Crippen LogP contribution in [0.3, 0.4) is 0 Å². The lowest BCUT2D eigenvalue weighted by Gasteiger charge is -2.15. The molecule has 0 aliphatic carbocycles. The molecule has 0 fully saturated rings. The molecule has 1 aromatic carbocycles. The predicted octanol–water partition coefficient (Wildman–Crippen LogP) is 3.17. The number of nitrogens with zero attached hydrogens (tertiary/aromatic N) is 4. The fourth-order valence-corrected chi connectivity index (χ4v) is 2.18. The maximum Gasteiger partial charge on any atom is 0.178 e. The lowest BCUT2D eigenvalue weighted by atomic mass is 9.96. The number of anilines is 1. The summed E-state index contributed by atoms with van der Waals surface area (Å²) in [5, 5.41) is 16.0. The first-order valence-corrected chi connectivity index (χ1v) is 7.15. The first kappa shape index (κ1) is 14.4. The Kier molecular flexibility index (Phi) is 3.52.